The van der Waals surface area contributed by atoms with E-state index in [0.29, 0.717) is 24.3 Å². The minimum atomic E-state index is -2.79. The van der Waals surface area contributed by atoms with Gasteiger partial charge in [0.25, 0.3) is 0 Å². The Morgan fingerprint density at radius 3 is 1.25 bits per heavy atom. The molecule has 0 atom stereocenters. The van der Waals surface area contributed by atoms with Crippen LogP contribution in [0, 0.1) is 34.9 Å². The highest BCUT2D eigenvalue weighted by molar-refractivity contribution is 7.95. The van der Waals surface area contributed by atoms with E-state index in [0.717, 1.165) is 0 Å². The first kappa shape index (κ1) is 15.1. The maximum Gasteiger partial charge on any atom is 0.170 e. The molecule has 106 valence electrons. The van der Waals surface area contributed by atoms with Gasteiger partial charge in [0.15, 0.2) is 23.3 Å². The van der Waals surface area contributed by atoms with E-state index in [2.05, 4.69) is 0 Å². The van der Waals surface area contributed by atoms with Crippen LogP contribution in [-0.4, -0.2) is 0 Å². The smallest absolute Gasteiger partial charge is 0.170 e. The predicted octanol–water partition coefficient (Wildman–Crippen LogP) is 4.11. The summed E-state index contributed by atoms with van der Waals surface area (Å²) in [5.41, 5.74) is 0. The lowest BCUT2D eigenvalue weighted by Gasteiger charge is -2.14. The molecule has 20 heavy (non-hydrogen) atoms. The molecule has 0 aliphatic carbocycles. The lowest BCUT2D eigenvalue weighted by atomic mass is 10.3. The fourth-order valence-electron chi connectivity index (χ4n) is 1.50. The van der Waals surface area contributed by atoms with Crippen molar-refractivity contribution in [2.24, 2.45) is 0 Å². The van der Waals surface area contributed by atoms with Gasteiger partial charge in [0.05, 0.1) is 17.9 Å². The summed E-state index contributed by atoms with van der Waals surface area (Å²) in [6.07, 6.45) is 0. The molecular formula is C12H4ClF6P. The molecule has 0 radical (unpaired) electrons. The van der Waals surface area contributed by atoms with Gasteiger partial charge in [-0.15, -0.1) is 0 Å². The van der Waals surface area contributed by atoms with E-state index in [9.17, 15) is 26.3 Å². The van der Waals surface area contributed by atoms with Gasteiger partial charge in [-0.05, 0) is 24.3 Å². The topological polar surface area (TPSA) is 0 Å². The van der Waals surface area contributed by atoms with Crippen LogP contribution in [0.2, 0.25) is 0 Å². The molecule has 8 heteroatoms. The van der Waals surface area contributed by atoms with Crippen molar-refractivity contribution in [3.8, 4) is 0 Å². The third-order valence-corrected chi connectivity index (χ3v) is 5.05. The van der Waals surface area contributed by atoms with Crippen LogP contribution in [-0.2, 0) is 0 Å². The van der Waals surface area contributed by atoms with Gasteiger partial charge in [0.1, 0.15) is 11.6 Å². The molecule has 0 saturated carbocycles. The molecule has 0 aliphatic heterocycles. The highest BCUT2D eigenvalue weighted by atomic mass is 35.7. The van der Waals surface area contributed by atoms with Crippen molar-refractivity contribution in [2.45, 2.75) is 0 Å². The molecule has 0 nitrogen and oxygen atoms in total. The number of hydrogen-bond acceptors (Lipinski definition) is 0. The van der Waals surface area contributed by atoms with E-state index in [1.165, 1.54) is 0 Å². The molecule has 0 unspecified atom stereocenters. The van der Waals surface area contributed by atoms with E-state index < -0.39 is 52.8 Å². The summed E-state index contributed by atoms with van der Waals surface area (Å²) in [7, 11) is -2.79. The first-order valence-electron chi connectivity index (χ1n) is 5.07. The molecule has 2 rings (SSSR count). The van der Waals surface area contributed by atoms with Gasteiger partial charge in [-0.25, -0.2) is 26.3 Å². The molecule has 0 amide bonds. The Morgan fingerprint density at radius 1 is 0.600 bits per heavy atom. The molecule has 0 aromatic heterocycles. The standard InChI is InChI=1S/C12H4ClF6P/c13-20(11-7(16)3-1-5(14)9(11)18)12-8(17)4-2-6(15)10(12)19/h1-4H. The first-order chi connectivity index (χ1) is 9.34. The zero-order valence-electron chi connectivity index (χ0n) is 9.40. The highest BCUT2D eigenvalue weighted by Gasteiger charge is 2.29. The minimum Gasteiger partial charge on any atom is -0.206 e. The first-order valence-corrected chi connectivity index (χ1v) is 7.32. The number of halogens is 7. The summed E-state index contributed by atoms with van der Waals surface area (Å²) in [4.78, 5) is 0. The van der Waals surface area contributed by atoms with Gasteiger partial charge in [-0.2, -0.15) is 0 Å². The fraction of sp³-hybridized carbons (Fsp3) is 0. The van der Waals surface area contributed by atoms with Crippen molar-refractivity contribution in [3.05, 3.63) is 59.2 Å². The molecular weight excluding hydrogens is 325 g/mol. The average Bonchev–Trinajstić information content (AvgIpc) is 2.39. The molecule has 2 aromatic carbocycles. The maximum atomic E-state index is 13.5. The van der Waals surface area contributed by atoms with Gasteiger partial charge < -0.3 is 0 Å². The van der Waals surface area contributed by atoms with Crippen LogP contribution in [0.25, 0.3) is 0 Å². The maximum absolute atomic E-state index is 13.5. The number of rotatable bonds is 2. The summed E-state index contributed by atoms with van der Waals surface area (Å²) in [6.45, 7) is 0. The van der Waals surface area contributed by atoms with Crippen LogP contribution in [0.5, 0.6) is 0 Å². The third-order valence-electron chi connectivity index (χ3n) is 2.43. The monoisotopic (exact) mass is 328 g/mol. The molecule has 0 aliphatic rings. The SMILES string of the molecule is Fc1ccc(F)c(P(Cl)c2c(F)ccc(F)c2F)c1F. The van der Waals surface area contributed by atoms with E-state index >= 15 is 0 Å². The molecule has 2 aromatic rings. The van der Waals surface area contributed by atoms with Crippen LogP contribution in [0.3, 0.4) is 0 Å². The van der Waals surface area contributed by atoms with Gasteiger partial charge >= 0.3 is 0 Å². The van der Waals surface area contributed by atoms with Crippen molar-refractivity contribution in [1.29, 1.82) is 0 Å². The summed E-state index contributed by atoms with van der Waals surface area (Å²) < 4.78 is 80.2. The number of hydrogen-bond donors (Lipinski definition) is 0. The second-order valence-corrected chi connectivity index (χ2v) is 6.13. The van der Waals surface area contributed by atoms with Crippen LogP contribution >= 0.6 is 18.5 Å². The Hall–Kier alpha value is -1.26. The number of benzene rings is 2. The second-order valence-electron chi connectivity index (χ2n) is 3.66. The van der Waals surface area contributed by atoms with Crippen LogP contribution in [0.4, 0.5) is 26.3 Å². The fourth-order valence-corrected chi connectivity index (χ4v) is 3.74. The summed E-state index contributed by atoms with van der Waals surface area (Å²) in [5, 5.41) is -2.05. The minimum absolute atomic E-state index is 0.506. The average molecular weight is 329 g/mol. The summed E-state index contributed by atoms with van der Waals surface area (Å²) in [5.74, 6) is -8.71. The van der Waals surface area contributed by atoms with Crippen LogP contribution < -0.4 is 10.6 Å². The zero-order chi connectivity index (χ0) is 15.0. The lowest BCUT2D eigenvalue weighted by molar-refractivity contribution is 0.501. The second kappa shape index (κ2) is 5.62. The molecule has 0 heterocycles. The molecule has 0 fully saturated rings. The van der Waals surface area contributed by atoms with Crippen molar-refractivity contribution >= 4 is 29.1 Å². The Bertz CT molecular complexity index is 618. The van der Waals surface area contributed by atoms with Crippen molar-refractivity contribution in [3.63, 3.8) is 0 Å². The van der Waals surface area contributed by atoms with Gasteiger partial charge in [0.2, 0.25) is 0 Å². The normalized spacial score (nSPS) is 11.2. The summed E-state index contributed by atoms with van der Waals surface area (Å²) >= 11 is 5.67. The predicted molar refractivity (Wildman–Crippen MR) is 64.7 cm³/mol. The summed E-state index contributed by atoms with van der Waals surface area (Å²) in [6, 6.07) is 2.15. The molecule has 0 bridgehead atoms. The van der Waals surface area contributed by atoms with Gasteiger partial charge in [-0.1, -0.05) is 11.2 Å². The Labute approximate surface area is 115 Å². The molecule has 0 spiro atoms. The molecule has 0 N–H and O–H groups in total. The van der Waals surface area contributed by atoms with Crippen LogP contribution in [0.15, 0.2) is 24.3 Å². The lowest BCUT2D eigenvalue weighted by Crippen LogP contribution is -2.22. The van der Waals surface area contributed by atoms with E-state index in [1.54, 1.807) is 0 Å². The Balaban J connectivity index is 2.67. The van der Waals surface area contributed by atoms with Crippen LogP contribution in [0.1, 0.15) is 0 Å². The largest absolute Gasteiger partial charge is 0.206 e. The van der Waals surface area contributed by atoms with Gasteiger partial charge in [-0.3, -0.25) is 0 Å². The van der Waals surface area contributed by atoms with Crippen molar-refractivity contribution < 1.29 is 26.3 Å². The van der Waals surface area contributed by atoms with Crippen molar-refractivity contribution in [1.82, 2.24) is 0 Å². The third kappa shape index (κ3) is 2.50. The molecule has 0 saturated heterocycles. The van der Waals surface area contributed by atoms with E-state index in [-0.39, 0.29) is 0 Å². The van der Waals surface area contributed by atoms with Gasteiger partial charge in [0, 0.05) is 0 Å². The van der Waals surface area contributed by atoms with E-state index in [1.807, 2.05) is 0 Å². The van der Waals surface area contributed by atoms with Crippen molar-refractivity contribution in [2.75, 3.05) is 0 Å². The Morgan fingerprint density at radius 2 is 0.900 bits per heavy atom. The van der Waals surface area contributed by atoms with E-state index in [4.69, 9.17) is 11.2 Å². The highest BCUT2D eigenvalue weighted by Crippen LogP contribution is 2.42. The zero-order valence-corrected chi connectivity index (χ0v) is 11.1. The Kier molecular flexibility index (Phi) is 4.25. The quantitative estimate of drug-likeness (QED) is 0.442.